The number of carbonyl (C=O) groups is 1. The molecule has 2 N–H and O–H groups in total. The third-order valence-electron chi connectivity index (χ3n) is 5.53. The van der Waals surface area contributed by atoms with Crippen LogP contribution in [-0.2, 0) is 0 Å². The van der Waals surface area contributed by atoms with Gasteiger partial charge in [0.25, 0.3) is 0 Å². The Bertz CT molecular complexity index is 826. The molecule has 0 aliphatic carbocycles. The number of fused-ring (bicyclic) bond motifs is 3. The Morgan fingerprint density at radius 1 is 1.33 bits per heavy atom. The maximum absolute atomic E-state index is 11.7. The van der Waals surface area contributed by atoms with Crippen LogP contribution in [0.15, 0.2) is 23.0 Å². The van der Waals surface area contributed by atoms with Gasteiger partial charge in [0.1, 0.15) is 5.75 Å². The molecule has 2 aliphatic rings. The lowest BCUT2D eigenvalue weighted by molar-refractivity contribution is 0.102. The number of H-pyrrole nitrogens is 1. The summed E-state index contributed by atoms with van der Waals surface area (Å²) < 4.78 is 6.62. The van der Waals surface area contributed by atoms with E-state index in [0.717, 1.165) is 12.8 Å². The van der Waals surface area contributed by atoms with Crippen LogP contribution in [0.2, 0.25) is 0 Å². The minimum Gasteiger partial charge on any atom is -0.493 e. The van der Waals surface area contributed by atoms with E-state index in [2.05, 4.69) is 16.9 Å². The summed E-state index contributed by atoms with van der Waals surface area (Å²) in [6.07, 6.45) is 3.56. The summed E-state index contributed by atoms with van der Waals surface area (Å²) in [4.78, 5) is 27.9. The van der Waals surface area contributed by atoms with E-state index in [1.807, 2.05) is 0 Å². The van der Waals surface area contributed by atoms with Crippen molar-refractivity contribution in [3.63, 3.8) is 0 Å². The van der Waals surface area contributed by atoms with Gasteiger partial charge in [-0.15, -0.1) is 0 Å². The van der Waals surface area contributed by atoms with Crippen LogP contribution in [0.5, 0.6) is 5.75 Å². The second-order valence-electron chi connectivity index (χ2n) is 6.93. The highest BCUT2D eigenvalue weighted by Crippen LogP contribution is 2.37. The smallest absolute Gasteiger partial charge is 0.420 e. The van der Waals surface area contributed by atoms with Crippen molar-refractivity contribution in [3.05, 3.63) is 28.7 Å². The van der Waals surface area contributed by atoms with E-state index < -0.39 is 11.8 Å². The first-order chi connectivity index (χ1) is 11.5. The number of imidazole rings is 1. The molecular weight excluding hydrogens is 310 g/mol. The van der Waals surface area contributed by atoms with Crippen LogP contribution in [-0.4, -0.2) is 51.4 Å². The monoisotopic (exact) mass is 331 g/mol. The zero-order chi connectivity index (χ0) is 16.8. The van der Waals surface area contributed by atoms with E-state index in [-0.39, 0.29) is 0 Å². The van der Waals surface area contributed by atoms with Crippen LogP contribution in [0.25, 0.3) is 11.0 Å². The number of nitrogens with zero attached hydrogens (tertiary/aromatic N) is 2. The number of hydrogen-bond acceptors (Lipinski definition) is 4. The lowest BCUT2D eigenvalue weighted by Crippen LogP contribution is -2.41. The number of benzene rings is 1. The fourth-order valence-electron chi connectivity index (χ4n) is 4.24. The molecule has 2 aromatic rings. The van der Waals surface area contributed by atoms with Gasteiger partial charge < -0.3 is 19.7 Å². The van der Waals surface area contributed by atoms with Crippen LogP contribution in [0.4, 0.5) is 4.79 Å². The first kappa shape index (κ1) is 15.3. The summed E-state index contributed by atoms with van der Waals surface area (Å²) in [6, 6.07) is 6.41. The van der Waals surface area contributed by atoms with Gasteiger partial charge in [0.15, 0.2) is 0 Å². The van der Waals surface area contributed by atoms with Gasteiger partial charge in [-0.25, -0.2) is 9.59 Å². The van der Waals surface area contributed by atoms with Gasteiger partial charge in [0.2, 0.25) is 0 Å². The molecule has 7 nitrogen and oxygen atoms in total. The molecule has 2 bridgehead atoms. The van der Waals surface area contributed by atoms with Crippen LogP contribution in [0.1, 0.15) is 25.7 Å². The second kappa shape index (κ2) is 5.66. The Morgan fingerprint density at radius 3 is 2.71 bits per heavy atom. The minimum atomic E-state index is -1.30. The maximum Gasteiger partial charge on any atom is 0.420 e. The largest absolute Gasteiger partial charge is 0.493 e. The molecule has 2 aliphatic heterocycles. The van der Waals surface area contributed by atoms with Crippen molar-refractivity contribution in [2.45, 2.75) is 37.8 Å². The molecule has 2 atom stereocenters. The van der Waals surface area contributed by atoms with E-state index in [0.29, 0.717) is 46.0 Å². The molecule has 24 heavy (non-hydrogen) atoms. The summed E-state index contributed by atoms with van der Waals surface area (Å²) in [5.74, 6) is 1.13. The zero-order valence-electron chi connectivity index (χ0n) is 13.6. The summed E-state index contributed by atoms with van der Waals surface area (Å²) >= 11 is 0. The van der Waals surface area contributed by atoms with Crippen molar-refractivity contribution in [3.8, 4) is 5.75 Å². The average molecular weight is 331 g/mol. The fraction of sp³-hybridized carbons (Fsp3) is 0.529. The molecule has 2 unspecified atom stereocenters. The van der Waals surface area contributed by atoms with Gasteiger partial charge in [-0.2, -0.15) is 4.57 Å². The predicted molar refractivity (Wildman–Crippen MR) is 88.8 cm³/mol. The van der Waals surface area contributed by atoms with Crippen molar-refractivity contribution in [1.82, 2.24) is 14.5 Å². The summed E-state index contributed by atoms with van der Waals surface area (Å²) in [7, 11) is 2.21. The highest BCUT2D eigenvalue weighted by molar-refractivity contribution is 5.86. The lowest BCUT2D eigenvalue weighted by atomic mass is 9.92. The normalized spacial score (nSPS) is 26.8. The number of aromatic amines is 1. The molecule has 0 spiro atoms. The lowest BCUT2D eigenvalue weighted by Gasteiger charge is -2.36. The van der Waals surface area contributed by atoms with Crippen LogP contribution < -0.4 is 10.4 Å². The van der Waals surface area contributed by atoms with E-state index >= 15 is 0 Å². The van der Waals surface area contributed by atoms with E-state index in [4.69, 9.17) is 9.84 Å². The number of aromatic nitrogens is 2. The molecule has 4 rings (SSSR count). The number of nitrogens with one attached hydrogen (secondary N) is 1. The first-order valence-corrected chi connectivity index (χ1v) is 8.35. The number of ether oxygens (including phenoxy) is 1. The van der Waals surface area contributed by atoms with Gasteiger partial charge >= 0.3 is 11.8 Å². The molecule has 0 saturated carbocycles. The van der Waals surface area contributed by atoms with Crippen molar-refractivity contribution in [2.24, 2.45) is 5.92 Å². The molecule has 128 valence electrons. The SMILES string of the molecule is CN1C2CCC1CC(COc1ccc3[nH]c(=O)n(C(=O)O)c3c1)C2. The van der Waals surface area contributed by atoms with Gasteiger partial charge in [-0.05, 0) is 50.8 Å². The second-order valence-corrected chi connectivity index (χ2v) is 6.93. The fourth-order valence-corrected chi connectivity index (χ4v) is 4.24. The van der Waals surface area contributed by atoms with Crippen molar-refractivity contribution in [1.29, 1.82) is 0 Å². The van der Waals surface area contributed by atoms with Crippen LogP contribution in [0, 0.1) is 5.92 Å². The summed E-state index contributed by atoms with van der Waals surface area (Å²) in [5, 5.41) is 9.16. The summed E-state index contributed by atoms with van der Waals surface area (Å²) in [5.41, 5.74) is 0.169. The molecule has 0 radical (unpaired) electrons. The number of hydrogen-bond donors (Lipinski definition) is 2. The average Bonchev–Trinajstić information content (AvgIpc) is 2.95. The molecule has 2 fully saturated rings. The third kappa shape index (κ3) is 2.49. The highest BCUT2D eigenvalue weighted by atomic mass is 16.5. The van der Waals surface area contributed by atoms with Crippen molar-refractivity contribution >= 4 is 17.1 Å². The number of piperidine rings is 1. The Labute approximate surface area is 138 Å². The molecule has 1 aromatic heterocycles. The van der Waals surface area contributed by atoms with E-state index in [1.54, 1.807) is 18.2 Å². The van der Waals surface area contributed by atoms with Crippen molar-refractivity contribution in [2.75, 3.05) is 13.7 Å². The van der Waals surface area contributed by atoms with Crippen LogP contribution in [0.3, 0.4) is 0 Å². The topological polar surface area (TPSA) is 87.6 Å². The molecule has 3 heterocycles. The first-order valence-electron chi connectivity index (χ1n) is 8.35. The van der Waals surface area contributed by atoms with E-state index in [1.165, 1.54) is 12.8 Å². The van der Waals surface area contributed by atoms with Crippen LogP contribution >= 0.6 is 0 Å². The predicted octanol–water partition coefficient (Wildman–Crippen LogP) is 2.11. The standard InChI is InChI=1S/C17H21N3O4/c1-19-11-2-3-12(19)7-10(6-11)9-24-13-4-5-14-15(8-13)20(17(22)23)16(21)18-14/h4-5,8,10-12H,2-3,6-7,9H2,1H3,(H,18,21)(H,22,23). The van der Waals surface area contributed by atoms with Crippen molar-refractivity contribution < 1.29 is 14.6 Å². The molecule has 0 amide bonds. The number of carboxylic acid groups (broad SMARTS) is 1. The molecule has 2 saturated heterocycles. The highest BCUT2D eigenvalue weighted by Gasteiger charge is 2.38. The Morgan fingerprint density at radius 2 is 2.04 bits per heavy atom. The summed E-state index contributed by atoms with van der Waals surface area (Å²) in [6.45, 7) is 0.633. The number of rotatable bonds is 3. The third-order valence-corrected chi connectivity index (χ3v) is 5.53. The van der Waals surface area contributed by atoms with Gasteiger partial charge in [-0.1, -0.05) is 0 Å². The minimum absolute atomic E-state index is 0.327. The van der Waals surface area contributed by atoms with Gasteiger partial charge in [0.05, 0.1) is 17.6 Å². The molecule has 1 aromatic carbocycles. The molecular formula is C17H21N3O4. The zero-order valence-corrected chi connectivity index (χ0v) is 13.6. The quantitative estimate of drug-likeness (QED) is 0.899. The Hall–Kier alpha value is -2.28. The Balaban J connectivity index is 1.50. The maximum atomic E-state index is 11.7. The Kier molecular flexibility index (Phi) is 3.60. The van der Waals surface area contributed by atoms with Gasteiger partial charge in [-0.3, -0.25) is 0 Å². The molecule has 7 heteroatoms. The van der Waals surface area contributed by atoms with Gasteiger partial charge in [0, 0.05) is 18.2 Å². The van der Waals surface area contributed by atoms with E-state index in [9.17, 15) is 9.59 Å².